The van der Waals surface area contributed by atoms with E-state index in [0.29, 0.717) is 29.7 Å². The Kier molecular flexibility index (Phi) is 8.35. The van der Waals surface area contributed by atoms with Gasteiger partial charge in [0, 0.05) is 19.6 Å². The molecule has 0 saturated carbocycles. The van der Waals surface area contributed by atoms with E-state index >= 15 is 0 Å². The normalized spacial score (nSPS) is 18.3. The van der Waals surface area contributed by atoms with E-state index in [1.165, 1.54) is 4.90 Å². The maximum Gasteiger partial charge on any atom is 0.320 e. The lowest BCUT2D eigenvalue weighted by Crippen LogP contribution is -2.59. The number of hydrogen-bond donors (Lipinski definition) is 3. The van der Waals surface area contributed by atoms with Crippen LogP contribution in [0.25, 0.3) is 10.8 Å². The van der Waals surface area contributed by atoms with Gasteiger partial charge in [-0.15, -0.1) is 0 Å². The van der Waals surface area contributed by atoms with Gasteiger partial charge in [0.15, 0.2) is 0 Å². The molecule has 0 radical (unpaired) electrons. The smallest absolute Gasteiger partial charge is 0.320 e. The minimum Gasteiger partial charge on any atom is -0.480 e. The van der Waals surface area contributed by atoms with E-state index < -0.39 is 35.9 Å². The molecule has 10 heteroatoms. The predicted molar refractivity (Wildman–Crippen MR) is 156 cm³/mol. The number of benzene rings is 3. The van der Waals surface area contributed by atoms with Crippen LogP contribution in [0.4, 0.5) is 0 Å². The Labute approximate surface area is 243 Å². The largest absolute Gasteiger partial charge is 0.480 e. The average molecular weight is 571 g/mol. The minimum absolute atomic E-state index is 0.0417. The maximum absolute atomic E-state index is 13.9. The van der Waals surface area contributed by atoms with Crippen LogP contribution in [0.5, 0.6) is 0 Å². The number of aliphatic carboxylic acids is 1. The number of nitrogens with zero attached hydrogens (tertiary/aromatic N) is 2. The van der Waals surface area contributed by atoms with Gasteiger partial charge in [0.2, 0.25) is 11.8 Å². The first-order chi connectivity index (χ1) is 20.2. The van der Waals surface area contributed by atoms with Gasteiger partial charge in [0.25, 0.3) is 11.8 Å². The van der Waals surface area contributed by atoms with E-state index in [1.54, 1.807) is 36.4 Å². The predicted octanol–water partition coefficient (Wildman–Crippen LogP) is 2.98. The first-order valence-electron chi connectivity index (χ1n) is 14.2. The number of carboxylic acids is 1. The third-order valence-electron chi connectivity index (χ3n) is 7.79. The summed E-state index contributed by atoms with van der Waals surface area (Å²) < 4.78 is 0. The Morgan fingerprint density at radius 1 is 0.929 bits per heavy atom. The van der Waals surface area contributed by atoms with Crippen LogP contribution in [0, 0.1) is 5.92 Å². The van der Waals surface area contributed by atoms with Gasteiger partial charge in [-0.2, -0.15) is 0 Å². The van der Waals surface area contributed by atoms with E-state index in [1.807, 2.05) is 44.2 Å². The monoisotopic (exact) mass is 570 g/mol. The molecule has 0 aliphatic carbocycles. The van der Waals surface area contributed by atoms with Crippen molar-refractivity contribution in [2.24, 2.45) is 5.92 Å². The highest BCUT2D eigenvalue weighted by molar-refractivity contribution is 6.23. The van der Waals surface area contributed by atoms with Crippen LogP contribution in [0.15, 0.2) is 66.7 Å². The van der Waals surface area contributed by atoms with Crippen LogP contribution >= 0.6 is 0 Å². The molecule has 4 amide bonds. The van der Waals surface area contributed by atoms with E-state index in [9.17, 15) is 29.1 Å². The zero-order valence-corrected chi connectivity index (χ0v) is 23.6. The molecule has 3 aromatic rings. The summed E-state index contributed by atoms with van der Waals surface area (Å²) >= 11 is 0. The number of rotatable bonds is 10. The lowest BCUT2D eigenvalue weighted by atomic mass is 9.97. The fourth-order valence-corrected chi connectivity index (χ4v) is 5.74. The van der Waals surface area contributed by atoms with Crippen LogP contribution in [0.2, 0.25) is 0 Å². The topological polar surface area (TPSA) is 136 Å². The van der Waals surface area contributed by atoms with Crippen molar-refractivity contribution in [2.75, 3.05) is 19.6 Å². The summed E-state index contributed by atoms with van der Waals surface area (Å²) in [6, 6.07) is 16.9. The number of carbonyl (C=O) groups is 5. The molecule has 0 spiro atoms. The lowest BCUT2D eigenvalue weighted by Gasteiger charge is -2.38. The number of nitrogens with one attached hydrogen (secondary N) is 2. The van der Waals surface area contributed by atoms with Crippen LogP contribution in [-0.2, 0) is 14.4 Å². The molecule has 42 heavy (non-hydrogen) atoms. The third kappa shape index (κ3) is 5.75. The molecular formula is C32H34N4O6. The van der Waals surface area contributed by atoms with Gasteiger partial charge >= 0.3 is 5.97 Å². The fourth-order valence-electron chi connectivity index (χ4n) is 5.74. The molecule has 0 aromatic heterocycles. The molecule has 1 unspecified atom stereocenters. The second kappa shape index (κ2) is 12.1. The summed E-state index contributed by atoms with van der Waals surface area (Å²) in [7, 11) is 0. The summed E-state index contributed by atoms with van der Waals surface area (Å²) in [5.41, 5.74) is 1.25. The van der Waals surface area contributed by atoms with Gasteiger partial charge < -0.3 is 15.3 Å². The van der Waals surface area contributed by atoms with Crippen LogP contribution in [0.1, 0.15) is 59.0 Å². The SMILES string of the molecule is CC(C)C[C@@H](NC(CCN1C(=O)c2cc3ccccc3cc2C1=O)C(=O)O)C(=O)N1CCNC(=O)[C@@H]1c1ccccc1. The van der Waals surface area contributed by atoms with Crippen molar-refractivity contribution >= 4 is 40.4 Å². The zero-order valence-electron chi connectivity index (χ0n) is 23.6. The number of hydrogen-bond acceptors (Lipinski definition) is 6. The molecule has 2 heterocycles. The summed E-state index contributed by atoms with van der Waals surface area (Å²) in [6.07, 6.45) is 0.243. The standard InChI is InChI=1S/C32H34N4O6/c1-19(2)16-26(31(40)35-15-13-33-28(37)27(35)20-8-4-3-5-9-20)34-25(32(41)42)12-14-36-29(38)23-17-21-10-6-7-11-22(21)18-24(23)30(36)39/h3-11,17-19,25-27,34H,12-16H2,1-2H3,(H,33,37)(H,41,42)/t25?,26-,27+/m1/s1. The number of amides is 4. The Balaban J connectivity index is 1.33. The Morgan fingerprint density at radius 3 is 2.10 bits per heavy atom. The first-order valence-corrected chi connectivity index (χ1v) is 14.2. The highest BCUT2D eigenvalue weighted by Crippen LogP contribution is 2.29. The first kappa shape index (κ1) is 28.9. The van der Waals surface area contributed by atoms with Crippen LogP contribution < -0.4 is 10.6 Å². The van der Waals surface area contributed by atoms with Crippen molar-refractivity contribution in [1.29, 1.82) is 0 Å². The van der Waals surface area contributed by atoms with Crippen LogP contribution in [0.3, 0.4) is 0 Å². The summed E-state index contributed by atoms with van der Waals surface area (Å²) in [5.74, 6) is -2.76. The Bertz CT molecular complexity index is 1480. The second-order valence-corrected chi connectivity index (χ2v) is 11.2. The van der Waals surface area contributed by atoms with Crippen molar-refractivity contribution in [3.05, 3.63) is 83.4 Å². The van der Waals surface area contributed by atoms with Crippen molar-refractivity contribution in [2.45, 2.75) is 44.8 Å². The van der Waals surface area contributed by atoms with E-state index in [-0.39, 0.29) is 37.2 Å². The maximum atomic E-state index is 13.9. The van der Waals surface area contributed by atoms with Gasteiger partial charge in [-0.1, -0.05) is 68.4 Å². The van der Waals surface area contributed by atoms with Crippen molar-refractivity contribution in [3.8, 4) is 0 Å². The van der Waals surface area contributed by atoms with Crippen molar-refractivity contribution in [1.82, 2.24) is 20.4 Å². The number of imide groups is 1. The van der Waals surface area contributed by atoms with E-state index in [2.05, 4.69) is 10.6 Å². The van der Waals surface area contributed by atoms with Gasteiger partial charge in [0.1, 0.15) is 12.1 Å². The molecule has 3 aromatic carbocycles. The molecule has 2 aliphatic heterocycles. The molecule has 10 nitrogen and oxygen atoms in total. The highest BCUT2D eigenvalue weighted by Gasteiger charge is 2.40. The number of fused-ring (bicyclic) bond motifs is 2. The molecular weight excluding hydrogens is 536 g/mol. The summed E-state index contributed by atoms with van der Waals surface area (Å²) in [4.78, 5) is 68.0. The Morgan fingerprint density at radius 2 is 1.52 bits per heavy atom. The highest BCUT2D eigenvalue weighted by atomic mass is 16.4. The summed E-state index contributed by atoms with van der Waals surface area (Å²) in [6.45, 7) is 4.30. The van der Waals surface area contributed by atoms with Crippen molar-refractivity contribution in [3.63, 3.8) is 0 Å². The quantitative estimate of drug-likeness (QED) is 0.319. The molecule has 3 atom stereocenters. The van der Waals surface area contributed by atoms with Gasteiger partial charge in [-0.25, -0.2) is 0 Å². The fraction of sp³-hybridized carbons (Fsp3) is 0.344. The third-order valence-corrected chi connectivity index (χ3v) is 7.79. The summed E-state index contributed by atoms with van der Waals surface area (Å²) in [5, 5.41) is 17.6. The Hall–Kier alpha value is -4.57. The van der Waals surface area contributed by atoms with Gasteiger partial charge in [-0.3, -0.25) is 34.2 Å². The van der Waals surface area contributed by atoms with Crippen molar-refractivity contribution < 1.29 is 29.1 Å². The van der Waals surface area contributed by atoms with E-state index in [0.717, 1.165) is 15.7 Å². The van der Waals surface area contributed by atoms with Gasteiger partial charge in [0.05, 0.1) is 17.2 Å². The lowest BCUT2D eigenvalue weighted by molar-refractivity contribution is -0.147. The molecule has 1 fully saturated rings. The number of carbonyl (C=O) groups excluding carboxylic acids is 4. The van der Waals surface area contributed by atoms with Crippen LogP contribution in [-0.4, -0.2) is 76.2 Å². The number of piperazine rings is 1. The minimum atomic E-state index is -1.21. The number of carboxylic acid groups (broad SMARTS) is 1. The molecule has 218 valence electrons. The second-order valence-electron chi connectivity index (χ2n) is 11.2. The van der Waals surface area contributed by atoms with E-state index in [4.69, 9.17) is 0 Å². The molecule has 5 rings (SSSR count). The molecule has 0 bridgehead atoms. The molecule has 3 N–H and O–H groups in total. The molecule has 2 aliphatic rings. The molecule has 1 saturated heterocycles. The van der Waals surface area contributed by atoms with Gasteiger partial charge in [-0.05, 0) is 47.2 Å². The average Bonchev–Trinajstić information content (AvgIpc) is 3.20. The zero-order chi connectivity index (χ0) is 30.0.